The van der Waals surface area contributed by atoms with Crippen molar-refractivity contribution < 1.29 is 87.5 Å². The zero-order valence-electron chi connectivity index (χ0n) is 53.6. The van der Waals surface area contributed by atoms with Crippen molar-refractivity contribution in [2.75, 3.05) is 69.9 Å². The fourth-order valence-corrected chi connectivity index (χ4v) is 16.7. The molecule has 6 heterocycles. The average molecular weight is 1340 g/mol. The van der Waals surface area contributed by atoms with Crippen LogP contribution in [0.15, 0.2) is 91.1 Å². The van der Waals surface area contributed by atoms with Gasteiger partial charge in [0, 0.05) is 98.9 Å². The van der Waals surface area contributed by atoms with Gasteiger partial charge in [-0.3, -0.25) is 34.1 Å². The van der Waals surface area contributed by atoms with Crippen molar-refractivity contribution in [3.8, 4) is 22.6 Å². The number of aromatic nitrogens is 4. The summed E-state index contributed by atoms with van der Waals surface area (Å²) in [5.41, 5.74) is 4.44. The third kappa shape index (κ3) is 14.3. The van der Waals surface area contributed by atoms with Gasteiger partial charge in [0.25, 0.3) is 17.7 Å². The number of likely N-dealkylation sites (N-methyl/N-ethyl adjacent to an activating group) is 1. The summed E-state index contributed by atoms with van der Waals surface area (Å²) < 4.78 is 38.5. The van der Waals surface area contributed by atoms with Crippen LogP contribution in [-0.2, 0) is 64.2 Å². The van der Waals surface area contributed by atoms with Gasteiger partial charge >= 0.3 is 18.0 Å². The fourth-order valence-electron chi connectivity index (χ4n) is 15.8. The lowest BCUT2D eigenvalue weighted by Crippen LogP contribution is -2.64. The molecular weight excluding hydrogens is 1260 g/mol. The molecule has 2 unspecified atom stereocenters. The zero-order chi connectivity index (χ0) is 67.8. The first-order valence-corrected chi connectivity index (χ1v) is 32.7. The number of thiazole rings is 1. The number of ether oxygens (including phenoxy) is 6. The second-order valence-electron chi connectivity index (χ2n) is 26.8. The molecule has 1 saturated heterocycles. The highest BCUT2D eigenvalue weighted by atomic mass is 32.1. The molecule has 5 fully saturated rings. The quantitative estimate of drug-likeness (QED) is 0.0246. The van der Waals surface area contributed by atoms with Crippen LogP contribution in [-0.4, -0.2) is 193 Å². The van der Waals surface area contributed by atoms with E-state index in [1.54, 1.807) is 31.4 Å². The molecule has 4 aliphatic carbocycles. The van der Waals surface area contributed by atoms with E-state index in [0.29, 0.717) is 53.7 Å². The van der Waals surface area contributed by atoms with Gasteiger partial charge in [-0.2, -0.15) is 5.10 Å². The van der Waals surface area contributed by atoms with E-state index in [4.69, 9.17) is 38.5 Å². The number of pyridine rings is 1. The molecule has 27 nitrogen and oxygen atoms in total. The van der Waals surface area contributed by atoms with Gasteiger partial charge in [0.2, 0.25) is 12.2 Å². The number of para-hydroxylation sites is 1. The zero-order valence-corrected chi connectivity index (χ0v) is 54.4. The Kier molecular flexibility index (Phi) is 19.1. The predicted molar refractivity (Wildman–Crippen MR) is 345 cm³/mol. The number of fused-ring (bicyclic) bond motifs is 2. The van der Waals surface area contributed by atoms with E-state index >= 15 is 0 Å². The van der Waals surface area contributed by atoms with E-state index in [1.165, 1.54) is 28.4 Å². The molecule has 3 aliphatic heterocycles. The molecule has 96 heavy (non-hydrogen) atoms. The van der Waals surface area contributed by atoms with E-state index in [1.807, 2.05) is 59.0 Å². The minimum absolute atomic E-state index is 0.00451. The first-order chi connectivity index (χ1) is 45.9. The summed E-state index contributed by atoms with van der Waals surface area (Å²) in [5.74, 6) is -3.78. The summed E-state index contributed by atoms with van der Waals surface area (Å²) in [6.45, 7) is 8.37. The van der Waals surface area contributed by atoms with Crippen LogP contribution in [0.25, 0.3) is 21.3 Å². The summed E-state index contributed by atoms with van der Waals surface area (Å²) in [5, 5.41) is 63.3. The molecule has 4 saturated carbocycles. The minimum atomic E-state index is -1.98. The molecule has 7 atom stereocenters. The number of aliphatic hydroxyl groups excluding tert-OH is 3. The lowest BCUT2D eigenvalue weighted by Gasteiger charge is -2.69. The lowest BCUT2D eigenvalue weighted by molar-refractivity contribution is -0.271. The molecule has 7 aliphatic rings. The number of benzene rings is 3. The fraction of sp³-hybridized carbons (Fsp3) is 0.471. The second kappa shape index (κ2) is 27.3. The summed E-state index contributed by atoms with van der Waals surface area (Å²) in [4.78, 5) is 102. The standard InChI is InChI=1S/C68H77N9O18S/c1-39-45(43-14-15-50(72-54(43)60(85)86)75-21-18-40-8-7-9-44(46(40)30-75)59(84)73-63-71-47-10-5-6-11-49(47)96-63)29-70-77(39)38-67-33-65(2)32-66(3,34-67)36-68(35-65,37-67)93-25-23-74(4)64(89)92-31-41-12-13-42(28-48(41)94-62-57(83)55(81)56(82)58(95-62)61(87)88)91-27-26-90-24-20-69-51(78)19-22-76-52(79)16-17-53(76)80/h5-17,28-29,55-58,62,81-83H,18-27,30-38H2,1-4H3,(H,69,78)(H,85,86)(H,87,88)(H,71,73,84)/t55-,56-,57+,58-,62+,65?,66?,67?,68?/m0/s1. The molecule has 0 radical (unpaired) electrons. The molecule has 0 spiro atoms. The van der Waals surface area contributed by atoms with Crippen LogP contribution in [0.1, 0.15) is 102 Å². The summed E-state index contributed by atoms with van der Waals surface area (Å²) in [6, 6.07) is 21.5. The van der Waals surface area contributed by atoms with E-state index in [2.05, 4.69) is 29.5 Å². The van der Waals surface area contributed by atoms with Gasteiger partial charge in [0.1, 0.15) is 48.8 Å². The second-order valence-corrected chi connectivity index (χ2v) is 27.8. The summed E-state index contributed by atoms with van der Waals surface area (Å²) in [6.07, 6.45) is -0.389. The van der Waals surface area contributed by atoms with Crippen LogP contribution < -0.4 is 25.0 Å². The summed E-state index contributed by atoms with van der Waals surface area (Å²) in [7, 11) is 1.58. The van der Waals surface area contributed by atoms with Crippen LogP contribution in [0.4, 0.5) is 15.7 Å². The molecule has 28 heteroatoms. The first kappa shape index (κ1) is 67.1. The van der Waals surface area contributed by atoms with Gasteiger partial charge in [0.15, 0.2) is 16.9 Å². The highest BCUT2D eigenvalue weighted by Crippen LogP contribution is 2.72. The lowest BCUT2D eigenvalue weighted by atomic mass is 9.39. The van der Waals surface area contributed by atoms with E-state index < -0.39 is 66.2 Å². The van der Waals surface area contributed by atoms with Gasteiger partial charge in [-0.25, -0.2) is 24.4 Å². The number of nitrogens with zero attached hydrogens (tertiary/aromatic N) is 7. The molecule has 3 aromatic carbocycles. The molecule has 4 bridgehead atoms. The third-order valence-corrected chi connectivity index (χ3v) is 20.0. The van der Waals surface area contributed by atoms with Crippen LogP contribution >= 0.6 is 11.3 Å². The monoisotopic (exact) mass is 1340 g/mol. The van der Waals surface area contributed by atoms with Gasteiger partial charge in [-0.1, -0.05) is 49.4 Å². The van der Waals surface area contributed by atoms with Crippen molar-refractivity contribution in [2.24, 2.45) is 16.2 Å². The van der Waals surface area contributed by atoms with Crippen LogP contribution in [0.5, 0.6) is 11.5 Å². The Bertz CT molecular complexity index is 3970. The Balaban J connectivity index is 0.662. The number of carboxylic acids is 2. The maximum absolute atomic E-state index is 13.8. The number of hydrogen-bond acceptors (Lipinski definition) is 21. The third-order valence-electron chi connectivity index (χ3n) is 19.1. The number of anilines is 2. The number of imide groups is 1. The number of rotatable bonds is 26. The van der Waals surface area contributed by atoms with Gasteiger partial charge in [-0.15, -0.1) is 0 Å². The largest absolute Gasteiger partial charge is 0.491 e. The summed E-state index contributed by atoms with van der Waals surface area (Å²) >= 11 is 1.40. The van der Waals surface area contributed by atoms with Gasteiger partial charge in [-0.05, 0) is 122 Å². The highest BCUT2D eigenvalue weighted by Gasteiger charge is 2.66. The molecular formula is C68H77N9O18S. The Labute approximate surface area is 555 Å². The van der Waals surface area contributed by atoms with Gasteiger partial charge < -0.3 is 69.1 Å². The number of carbonyl (C=O) groups is 7. The van der Waals surface area contributed by atoms with E-state index in [-0.39, 0.29) is 110 Å². The average Bonchev–Trinajstić information content (AvgIpc) is 0.744. The Hall–Kier alpha value is -8.90. The number of aliphatic carboxylic acids is 1. The van der Waals surface area contributed by atoms with Crippen LogP contribution in [0.3, 0.4) is 0 Å². The number of nitrogens with one attached hydrogen (secondary N) is 2. The Morgan fingerprint density at radius 2 is 1.60 bits per heavy atom. The van der Waals surface area contributed by atoms with E-state index in [9.17, 15) is 59.1 Å². The molecule has 6 aromatic rings. The van der Waals surface area contributed by atoms with Crippen molar-refractivity contribution in [2.45, 2.75) is 128 Å². The SMILES string of the molecule is Cc1c(-c2ccc(N3CCc4cccc(C(=O)Nc5nc6ccccc6s5)c4C3)nc2C(=O)O)cnn1CC12CC3(C)CC(C)(C1)CC(OCCN(C)C(=O)OCc1ccc(OCCOCCNC(=O)CCN4C(=O)C=CC4=O)cc1O[C@@H]1O[C@H](C(=O)O)[C@@H](O)[C@H](O)[C@H]1O)(C3)C2. The molecule has 7 N–H and O–H groups in total. The number of amides is 5. The maximum Gasteiger partial charge on any atom is 0.409 e. The smallest absolute Gasteiger partial charge is 0.409 e. The minimum Gasteiger partial charge on any atom is -0.491 e. The number of aromatic carboxylic acids is 1. The number of hydrogen-bond donors (Lipinski definition) is 7. The molecule has 508 valence electrons. The Morgan fingerprint density at radius 1 is 0.833 bits per heavy atom. The number of aliphatic hydroxyl groups is 3. The van der Waals surface area contributed by atoms with E-state index in [0.717, 1.165) is 82.6 Å². The Morgan fingerprint density at radius 3 is 2.35 bits per heavy atom. The number of carboxylic acid groups (broad SMARTS) is 2. The highest BCUT2D eigenvalue weighted by molar-refractivity contribution is 7.22. The molecule has 3 aromatic heterocycles. The molecule has 5 amide bonds. The van der Waals surface area contributed by atoms with Crippen molar-refractivity contribution >= 4 is 74.2 Å². The molecule has 13 rings (SSSR count). The van der Waals surface area contributed by atoms with Crippen LogP contribution in [0.2, 0.25) is 0 Å². The van der Waals surface area contributed by atoms with Crippen molar-refractivity contribution in [3.63, 3.8) is 0 Å². The van der Waals surface area contributed by atoms with Gasteiger partial charge in [0.05, 0.1) is 41.8 Å². The van der Waals surface area contributed by atoms with Crippen molar-refractivity contribution in [3.05, 3.63) is 125 Å². The normalized spacial score (nSPS) is 25.6. The van der Waals surface area contributed by atoms with Crippen molar-refractivity contribution in [1.82, 2.24) is 34.9 Å². The number of carbonyl (C=O) groups excluding carboxylic acids is 5. The van der Waals surface area contributed by atoms with Crippen LogP contribution in [0, 0.1) is 23.2 Å². The predicted octanol–water partition coefficient (Wildman–Crippen LogP) is 5.88. The van der Waals surface area contributed by atoms with Crippen molar-refractivity contribution in [1.29, 1.82) is 0 Å². The topological polar surface area (TPSA) is 353 Å². The first-order valence-electron chi connectivity index (χ1n) is 31.9. The maximum atomic E-state index is 13.8.